The SMILES string of the molecule is NS(=O)(=O)OC[C@@H]1C[C@@H](n2ccc3c(OCc4ccccc4Cl)ncnc32)C[C@@H]1O. The molecule has 0 unspecified atom stereocenters. The number of nitrogens with zero attached hydrogens (tertiary/aromatic N) is 3. The third kappa shape index (κ3) is 4.57. The fourth-order valence-corrected chi connectivity index (χ4v) is 4.34. The molecular formula is C19H21ClN4O5S. The minimum Gasteiger partial charge on any atom is -0.472 e. The Morgan fingerprint density at radius 1 is 1.23 bits per heavy atom. The first kappa shape index (κ1) is 21.0. The molecule has 9 nitrogen and oxygen atoms in total. The van der Waals surface area contributed by atoms with Gasteiger partial charge < -0.3 is 14.4 Å². The number of nitrogens with two attached hydrogens (primary N) is 1. The fourth-order valence-electron chi connectivity index (χ4n) is 3.78. The van der Waals surface area contributed by atoms with Crippen molar-refractivity contribution < 1.29 is 22.4 Å². The first-order chi connectivity index (χ1) is 14.3. The summed E-state index contributed by atoms with van der Waals surface area (Å²) in [6, 6.07) is 9.21. The van der Waals surface area contributed by atoms with Gasteiger partial charge in [-0.15, -0.1) is 0 Å². The molecule has 0 spiro atoms. The van der Waals surface area contributed by atoms with Gasteiger partial charge in [-0.1, -0.05) is 29.8 Å². The van der Waals surface area contributed by atoms with Gasteiger partial charge >= 0.3 is 10.3 Å². The molecule has 0 aliphatic heterocycles. The van der Waals surface area contributed by atoms with Crippen LogP contribution in [0.2, 0.25) is 5.02 Å². The van der Waals surface area contributed by atoms with Crippen LogP contribution in [0.25, 0.3) is 11.0 Å². The van der Waals surface area contributed by atoms with Crippen molar-refractivity contribution in [3.05, 3.63) is 53.4 Å². The second-order valence-electron chi connectivity index (χ2n) is 7.25. The number of benzene rings is 1. The monoisotopic (exact) mass is 452 g/mol. The molecule has 3 atom stereocenters. The molecule has 1 aliphatic rings. The van der Waals surface area contributed by atoms with Gasteiger partial charge in [0.15, 0.2) is 0 Å². The summed E-state index contributed by atoms with van der Waals surface area (Å²) in [6.45, 7) is 0.114. The van der Waals surface area contributed by atoms with Crippen LogP contribution in [-0.4, -0.2) is 40.8 Å². The van der Waals surface area contributed by atoms with Crippen molar-refractivity contribution in [1.82, 2.24) is 14.5 Å². The number of halogens is 1. The molecule has 30 heavy (non-hydrogen) atoms. The number of rotatable bonds is 7. The van der Waals surface area contributed by atoms with E-state index in [1.54, 1.807) is 6.07 Å². The quantitative estimate of drug-likeness (QED) is 0.562. The van der Waals surface area contributed by atoms with Gasteiger partial charge in [0.05, 0.1) is 18.1 Å². The number of aliphatic hydroxyl groups is 1. The van der Waals surface area contributed by atoms with Crippen molar-refractivity contribution in [1.29, 1.82) is 0 Å². The molecule has 1 aromatic carbocycles. The predicted octanol–water partition coefficient (Wildman–Crippen LogP) is 2.20. The lowest BCUT2D eigenvalue weighted by atomic mass is 10.1. The predicted molar refractivity (Wildman–Crippen MR) is 110 cm³/mol. The molecule has 2 aromatic heterocycles. The van der Waals surface area contributed by atoms with E-state index in [1.807, 2.05) is 35.0 Å². The van der Waals surface area contributed by atoms with E-state index in [9.17, 15) is 13.5 Å². The Hall–Kier alpha value is -2.24. The van der Waals surface area contributed by atoms with Crippen LogP contribution in [0.3, 0.4) is 0 Å². The van der Waals surface area contributed by atoms with E-state index in [4.69, 9.17) is 21.5 Å². The summed E-state index contributed by atoms with van der Waals surface area (Å²) in [7, 11) is -4.04. The zero-order chi connectivity index (χ0) is 21.3. The van der Waals surface area contributed by atoms with Gasteiger partial charge in [0.25, 0.3) is 0 Å². The molecule has 0 saturated heterocycles. The van der Waals surface area contributed by atoms with Crippen LogP contribution >= 0.6 is 11.6 Å². The zero-order valence-corrected chi connectivity index (χ0v) is 17.5. The first-order valence-electron chi connectivity index (χ1n) is 9.35. The maximum Gasteiger partial charge on any atom is 0.333 e. The third-order valence-electron chi connectivity index (χ3n) is 5.27. The lowest BCUT2D eigenvalue weighted by Gasteiger charge is -2.14. The molecule has 11 heteroatoms. The van der Waals surface area contributed by atoms with Gasteiger partial charge in [-0.05, 0) is 25.0 Å². The normalized spacial score (nSPS) is 21.9. The van der Waals surface area contributed by atoms with Crippen molar-refractivity contribution in [2.45, 2.75) is 31.6 Å². The van der Waals surface area contributed by atoms with Crippen molar-refractivity contribution in [2.75, 3.05) is 6.61 Å². The maximum absolute atomic E-state index is 11.0. The Balaban J connectivity index is 1.51. The second-order valence-corrected chi connectivity index (χ2v) is 8.88. The highest BCUT2D eigenvalue weighted by Crippen LogP contribution is 2.38. The Labute approximate surface area is 178 Å². The van der Waals surface area contributed by atoms with Gasteiger partial charge in [0.2, 0.25) is 5.88 Å². The molecule has 1 aliphatic carbocycles. The van der Waals surface area contributed by atoms with E-state index in [-0.39, 0.29) is 25.2 Å². The second kappa shape index (κ2) is 8.48. The van der Waals surface area contributed by atoms with Crippen LogP contribution in [-0.2, 0) is 21.1 Å². The summed E-state index contributed by atoms with van der Waals surface area (Å²) in [6.07, 6.45) is 3.56. The van der Waals surface area contributed by atoms with Crippen LogP contribution in [0, 0.1) is 5.92 Å². The van der Waals surface area contributed by atoms with Gasteiger partial charge in [0.1, 0.15) is 18.6 Å². The van der Waals surface area contributed by atoms with E-state index < -0.39 is 16.4 Å². The number of hydrogen-bond donors (Lipinski definition) is 2. The summed E-state index contributed by atoms with van der Waals surface area (Å²) in [5.41, 5.74) is 1.52. The molecule has 0 radical (unpaired) electrons. The lowest BCUT2D eigenvalue weighted by Crippen LogP contribution is -2.24. The zero-order valence-electron chi connectivity index (χ0n) is 15.9. The van der Waals surface area contributed by atoms with Gasteiger partial charge in [0, 0.05) is 28.7 Å². The molecule has 1 fully saturated rings. The number of aromatic nitrogens is 3. The molecule has 160 valence electrons. The highest BCUT2D eigenvalue weighted by molar-refractivity contribution is 7.84. The fraction of sp³-hybridized carbons (Fsp3) is 0.368. The average Bonchev–Trinajstić information content (AvgIpc) is 3.29. The molecule has 3 N–H and O–H groups in total. The maximum atomic E-state index is 11.0. The third-order valence-corrected chi connectivity index (χ3v) is 6.10. The highest BCUT2D eigenvalue weighted by Gasteiger charge is 2.35. The summed E-state index contributed by atoms with van der Waals surface area (Å²) in [4.78, 5) is 8.61. The topological polar surface area (TPSA) is 130 Å². The van der Waals surface area contributed by atoms with E-state index in [0.29, 0.717) is 29.4 Å². The van der Waals surface area contributed by atoms with Gasteiger partial charge in [-0.25, -0.2) is 15.1 Å². The minimum absolute atomic E-state index is 0.0714. The number of fused-ring (bicyclic) bond motifs is 1. The van der Waals surface area contributed by atoms with Crippen LogP contribution in [0.15, 0.2) is 42.9 Å². The number of ether oxygens (including phenoxy) is 1. The van der Waals surface area contributed by atoms with E-state index in [0.717, 1.165) is 10.9 Å². The molecule has 2 heterocycles. The van der Waals surface area contributed by atoms with E-state index in [2.05, 4.69) is 14.2 Å². The lowest BCUT2D eigenvalue weighted by molar-refractivity contribution is 0.100. The highest BCUT2D eigenvalue weighted by atomic mass is 35.5. The summed E-state index contributed by atoms with van der Waals surface area (Å²) in [5.74, 6) is 0.0925. The van der Waals surface area contributed by atoms with Crippen molar-refractivity contribution >= 4 is 32.9 Å². The number of hydrogen-bond acceptors (Lipinski definition) is 7. The summed E-state index contributed by atoms with van der Waals surface area (Å²) >= 11 is 6.18. The molecule has 0 bridgehead atoms. The molecule has 3 aromatic rings. The van der Waals surface area contributed by atoms with E-state index in [1.165, 1.54) is 6.33 Å². The van der Waals surface area contributed by atoms with E-state index >= 15 is 0 Å². The van der Waals surface area contributed by atoms with Gasteiger partial charge in [-0.3, -0.25) is 4.18 Å². The first-order valence-corrected chi connectivity index (χ1v) is 11.2. The van der Waals surface area contributed by atoms with Crippen molar-refractivity contribution in [2.24, 2.45) is 11.1 Å². The van der Waals surface area contributed by atoms with Crippen molar-refractivity contribution in [3.63, 3.8) is 0 Å². The smallest absolute Gasteiger partial charge is 0.333 e. The summed E-state index contributed by atoms with van der Waals surface area (Å²) in [5, 5.41) is 16.6. The molecule has 4 rings (SSSR count). The largest absolute Gasteiger partial charge is 0.472 e. The summed E-state index contributed by atoms with van der Waals surface area (Å²) < 4.78 is 34.6. The van der Waals surface area contributed by atoms with Crippen LogP contribution < -0.4 is 9.88 Å². The standard InChI is InChI=1S/C19H21ClN4O5S/c20-16-4-2-1-3-12(16)9-28-19-15-5-6-24(18(15)22-11-23-19)14-7-13(17(25)8-14)10-29-30(21,26)27/h1-6,11,13-14,17,25H,7-10H2,(H2,21,26,27)/t13-,14+,17-/m0/s1. The Morgan fingerprint density at radius 3 is 2.80 bits per heavy atom. The molecule has 0 amide bonds. The number of aliphatic hydroxyl groups excluding tert-OH is 1. The van der Waals surface area contributed by atoms with Gasteiger partial charge in [-0.2, -0.15) is 8.42 Å². The van der Waals surface area contributed by atoms with Crippen LogP contribution in [0.5, 0.6) is 5.88 Å². The molecular weight excluding hydrogens is 432 g/mol. The van der Waals surface area contributed by atoms with Crippen LogP contribution in [0.4, 0.5) is 0 Å². The average molecular weight is 453 g/mol. The minimum atomic E-state index is -4.04. The Kier molecular flexibility index (Phi) is 5.94. The Bertz CT molecular complexity index is 1150. The molecule has 1 saturated carbocycles. The van der Waals surface area contributed by atoms with Crippen molar-refractivity contribution in [3.8, 4) is 5.88 Å². The Morgan fingerprint density at radius 2 is 2.03 bits per heavy atom. The van der Waals surface area contributed by atoms with Crippen LogP contribution in [0.1, 0.15) is 24.4 Å².